The highest BCUT2D eigenvalue weighted by molar-refractivity contribution is 5.42. The smallest absolute Gasteiger partial charge is 0.122 e. The number of rotatable bonds is 4. The van der Waals surface area contributed by atoms with E-state index in [1.165, 1.54) is 6.42 Å². The van der Waals surface area contributed by atoms with Crippen molar-refractivity contribution in [2.75, 3.05) is 7.11 Å². The zero-order valence-electron chi connectivity index (χ0n) is 12.7. The van der Waals surface area contributed by atoms with Crippen LogP contribution in [0.25, 0.3) is 0 Å². The molecule has 0 aliphatic heterocycles. The second-order valence-electron chi connectivity index (χ2n) is 6.01. The summed E-state index contributed by atoms with van der Waals surface area (Å²) < 4.78 is 5.29. The fraction of sp³-hybridized carbons (Fsp3) is 0.647. The number of aliphatic hydroxyl groups is 2. The van der Waals surface area contributed by atoms with Crippen LogP contribution in [0.1, 0.15) is 54.9 Å². The summed E-state index contributed by atoms with van der Waals surface area (Å²) in [5, 5.41) is 21.0. The number of hydrogen-bond acceptors (Lipinski definition) is 3. The van der Waals surface area contributed by atoms with Crippen LogP contribution in [0.4, 0.5) is 0 Å². The number of methoxy groups -OCH3 is 1. The standard InChI is InChI=1S/C17H26O3/c1-11-10-15(20-3)12(2)9-14(11)17(19)16(18)13-7-5-4-6-8-13/h9-10,13,16-19H,4-8H2,1-3H3. The molecule has 0 spiro atoms. The number of hydrogen-bond donors (Lipinski definition) is 2. The van der Waals surface area contributed by atoms with Crippen molar-refractivity contribution in [1.29, 1.82) is 0 Å². The van der Waals surface area contributed by atoms with Crippen LogP contribution in [0.2, 0.25) is 0 Å². The molecule has 0 saturated heterocycles. The van der Waals surface area contributed by atoms with Gasteiger partial charge in [-0.1, -0.05) is 19.3 Å². The Morgan fingerprint density at radius 1 is 1.05 bits per heavy atom. The van der Waals surface area contributed by atoms with Crippen molar-refractivity contribution in [2.24, 2.45) is 5.92 Å². The van der Waals surface area contributed by atoms with Gasteiger partial charge in [-0.15, -0.1) is 0 Å². The molecule has 0 aromatic heterocycles. The molecule has 0 radical (unpaired) electrons. The molecule has 1 aliphatic carbocycles. The molecule has 2 atom stereocenters. The third kappa shape index (κ3) is 3.15. The van der Waals surface area contributed by atoms with Gasteiger partial charge in [0.15, 0.2) is 0 Å². The summed E-state index contributed by atoms with van der Waals surface area (Å²) in [7, 11) is 1.65. The minimum Gasteiger partial charge on any atom is -0.496 e. The lowest BCUT2D eigenvalue weighted by Gasteiger charge is -2.30. The lowest BCUT2D eigenvalue weighted by Crippen LogP contribution is -2.29. The van der Waals surface area contributed by atoms with E-state index in [1.807, 2.05) is 26.0 Å². The number of aryl methyl sites for hydroxylation is 2. The van der Waals surface area contributed by atoms with E-state index in [1.54, 1.807) is 7.11 Å². The Bertz CT molecular complexity index is 450. The van der Waals surface area contributed by atoms with Gasteiger partial charge in [-0.05, 0) is 61.4 Å². The molecule has 0 amide bonds. The van der Waals surface area contributed by atoms with Crippen LogP contribution in [0.3, 0.4) is 0 Å². The Balaban J connectivity index is 2.19. The maximum Gasteiger partial charge on any atom is 0.122 e. The largest absolute Gasteiger partial charge is 0.496 e. The van der Waals surface area contributed by atoms with Gasteiger partial charge in [-0.2, -0.15) is 0 Å². The molecular weight excluding hydrogens is 252 g/mol. The second kappa shape index (κ2) is 6.59. The Kier molecular flexibility index (Phi) is 5.06. The van der Waals surface area contributed by atoms with Gasteiger partial charge in [-0.25, -0.2) is 0 Å². The zero-order chi connectivity index (χ0) is 14.7. The normalized spacial score (nSPS) is 19.6. The van der Waals surface area contributed by atoms with Crippen LogP contribution in [-0.2, 0) is 0 Å². The molecular formula is C17H26O3. The first-order valence-corrected chi connectivity index (χ1v) is 7.56. The first-order chi connectivity index (χ1) is 9.54. The van der Waals surface area contributed by atoms with E-state index in [0.29, 0.717) is 0 Å². The predicted octanol–water partition coefficient (Wildman–Crippen LogP) is 3.29. The number of aliphatic hydroxyl groups excluding tert-OH is 2. The fourth-order valence-corrected chi connectivity index (χ4v) is 3.27. The zero-order valence-corrected chi connectivity index (χ0v) is 12.7. The molecule has 20 heavy (non-hydrogen) atoms. The van der Waals surface area contributed by atoms with E-state index in [9.17, 15) is 10.2 Å². The van der Waals surface area contributed by atoms with Gasteiger partial charge in [0, 0.05) is 0 Å². The molecule has 2 unspecified atom stereocenters. The van der Waals surface area contributed by atoms with Crippen LogP contribution < -0.4 is 4.74 Å². The molecule has 1 aromatic rings. The van der Waals surface area contributed by atoms with E-state index in [4.69, 9.17) is 4.74 Å². The predicted molar refractivity (Wildman–Crippen MR) is 80.0 cm³/mol. The molecule has 0 heterocycles. The number of benzene rings is 1. The minimum absolute atomic E-state index is 0.223. The van der Waals surface area contributed by atoms with Crippen LogP contribution in [0.5, 0.6) is 5.75 Å². The van der Waals surface area contributed by atoms with Crippen LogP contribution in [-0.4, -0.2) is 23.4 Å². The van der Waals surface area contributed by atoms with Gasteiger partial charge in [0.05, 0.1) is 13.2 Å². The average Bonchev–Trinajstić information content (AvgIpc) is 2.48. The van der Waals surface area contributed by atoms with E-state index in [0.717, 1.165) is 48.1 Å². The first kappa shape index (κ1) is 15.3. The Hall–Kier alpha value is -1.06. The van der Waals surface area contributed by atoms with Crippen LogP contribution >= 0.6 is 0 Å². The third-order valence-corrected chi connectivity index (χ3v) is 4.56. The van der Waals surface area contributed by atoms with Crippen molar-refractivity contribution in [3.63, 3.8) is 0 Å². The maximum atomic E-state index is 10.5. The summed E-state index contributed by atoms with van der Waals surface area (Å²) in [6.07, 6.45) is 4.15. The average molecular weight is 278 g/mol. The van der Waals surface area contributed by atoms with E-state index in [2.05, 4.69) is 0 Å². The first-order valence-electron chi connectivity index (χ1n) is 7.56. The lowest BCUT2D eigenvalue weighted by atomic mass is 9.81. The lowest BCUT2D eigenvalue weighted by molar-refractivity contribution is -0.0288. The van der Waals surface area contributed by atoms with Gasteiger partial charge in [-0.3, -0.25) is 0 Å². The van der Waals surface area contributed by atoms with Crippen molar-refractivity contribution in [2.45, 2.75) is 58.2 Å². The van der Waals surface area contributed by atoms with Gasteiger partial charge < -0.3 is 14.9 Å². The molecule has 112 valence electrons. The van der Waals surface area contributed by atoms with Crippen molar-refractivity contribution in [3.05, 3.63) is 28.8 Å². The Labute approximate surface area is 121 Å². The van der Waals surface area contributed by atoms with Crippen molar-refractivity contribution < 1.29 is 14.9 Å². The quantitative estimate of drug-likeness (QED) is 0.888. The fourth-order valence-electron chi connectivity index (χ4n) is 3.27. The van der Waals surface area contributed by atoms with Crippen LogP contribution in [0.15, 0.2) is 12.1 Å². The van der Waals surface area contributed by atoms with Crippen molar-refractivity contribution >= 4 is 0 Å². The topological polar surface area (TPSA) is 49.7 Å². The monoisotopic (exact) mass is 278 g/mol. The van der Waals surface area contributed by atoms with Gasteiger partial charge >= 0.3 is 0 Å². The maximum absolute atomic E-state index is 10.5. The van der Waals surface area contributed by atoms with Crippen molar-refractivity contribution in [1.82, 2.24) is 0 Å². The summed E-state index contributed by atoms with van der Waals surface area (Å²) in [4.78, 5) is 0. The van der Waals surface area contributed by atoms with E-state index >= 15 is 0 Å². The highest BCUT2D eigenvalue weighted by Gasteiger charge is 2.29. The molecule has 2 N–H and O–H groups in total. The SMILES string of the molecule is COc1cc(C)c(C(O)C(O)C2CCCCC2)cc1C. The third-order valence-electron chi connectivity index (χ3n) is 4.56. The summed E-state index contributed by atoms with van der Waals surface area (Å²) >= 11 is 0. The highest BCUT2D eigenvalue weighted by atomic mass is 16.5. The van der Waals surface area contributed by atoms with Gasteiger partial charge in [0.2, 0.25) is 0 Å². The van der Waals surface area contributed by atoms with Crippen molar-refractivity contribution in [3.8, 4) is 5.75 Å². The summed E-state index contributed by atoms with van der Waals surface area (Å²) in [5.41, 5.74) is 2.78. The Morgan fingerprint density at radius 3 is 2.30 bits per heavy atom. The molecule has 3 nitrogen and oxygen atoms in total. The molecule has 1 fully saturated rings. The molecule has 1 aliphatic rings. The summed E-state index contributed by atoms with van der Waals surface area (Å²) in [6, 6.07) is 3.87. The molecule has 1 saturated carbocycles. The molecule has 3 heteroatoms. The summed E-state index contributed by atoms with van der Waals surface area (Å²) in [5.74, 6) is 1.05. The Morgan fingerprint density at radius 2 is 1.70 bits per heavy atom. The second-order valence-corrected chi connectivity index (χ2v) is 6.01. The van der Waals surface area contributed by atoms with Crippen LogP contribution in [0, 0.1) is 19.8 Å². The number of ether oxygens (including phenoxy) is 1. The molecule has 0 bridgehead atoms. The highest BCUT2D eigenvalue weighted by Crippen LogP contribution is 2.35. The van der Waals surface area contributed by atoms with E-state index < -0.39 is 12.2 Å². The summed E-state index contributed by atoms with van der Waals surface area (Å²) in [6.45, 7) is 3.91. The molecule has 1 aromatic carbocycles. The van der Waals surface area contributed by atoms with Gasteiger partial charge in [0.1, 0.15) is 11.9 Å². The van der Waals surface area contributed by atoms with E-state index in [-0.39, 0.29) is 5.92 Å². The molecule has 2 rings (SSSR count). The minimum atomic E-state index is -0.803. The van der Waals surface area contributed by atoms with Gasteiger partial charge in [0.25, 0.3) is 0 Å².